The van der Waals surface area contributed by atoms with E-state index >= 15 is 0 Å². The second-order valence-corrected chi connectivity index (χ2v) is 5.07. The molecule has 2 aliphatic rings. The van der Waals surface area contributed by atoms with Crippen LogP contribution < -0.4 is 0 Å². The molecule has 0 amide bonds. The Kier molecular flexibility index (Phi) is 4.95. The van der Waals surface area contributed by atoms with Crippen LogP contribution >= 0.6 is 0 Å². The Bertz CT molecular complexity index is 327. The minimum atomic E-state index is -1.54. The normalized spacial score (nSPS) is 53.9. The summed E-state index contributed by atoms with van der Waals surface area (Å²) < 4.78 is 15.4. The first-order chi connectivity index (χ1) is 9.32. The van der Waals surface area contributed by atoms with E-state index < -0.39 is 55.3 Å². The molecule has 0 saturated carbocycles. The largest absolute Gasteiger partial charge is 0.388 e. The Hall–Kier alpha value is -0.360. The molecule has 2 heterocycles. The second-order valence-electron chi connectivity index (χ2n) is 5.07. The Morgan fingerprint density at radius 3 is 2.05 bits per heavy atom. The molecule has 118 valence electrons. The first kappa shape index (κ1) is 16.0. The topological polar surface area (TPSA) is 149 Å². The van der Waals surface area contributed by atoms with Crippen LogP contribution in [0.5, 0.6) is 0 Å². The summed E-state index contributed by atoms with van der Waals surface area (Å²) in [6.45, 7) is 1.22. The van der Waals surface area contributed by atoms with Crippen molar-refractivity contribution in [1.29, 1.82) is 0 Å². The zero-order valence-corrected chi connectivity index (χ0v) is 10.8. The summed E-state index contributed by atoms with van der Waals surface area (Å²) in [6.07, 6.45) is -12.0. The minimum Gasteiger partial charge on any atom is -0.388 e. The molecule has 6 N–H and O–H groups in total. The summed E-state index contributed by atoms with van der Waals surface area (Å²) in [4.78, 5) is 0. The third-order valence-electron chi connectivity index (χ3n) is 3.53. The molecule has 0 bridgehead atoms. The van der Waals surface area contributed by atoms with E-state index in [4.69, 9.17) is 14.2 Å². The van der Waals surface area contributed by atoms with E-state index in [2.05, 4.69) is 0 Å². The molecule has 0 aliphatic carbocycles. The summed E-state index contributed by atoms with van der Waals surface area (Å²) in [5.74, 6) is 0. The number of rotatable bonds is 2. The second kappa shape index (κ2) is 6.18. The lowest BCUT2D eigenvalue weighted by molar-refractivity contribution is -0.361. The maximum atomic E-state index is 9.75. The third kappa shape index (κ3) is 2.96. The van der Waals surface area contributed by atoms with Gasteiger partial charge < -0.3 is 44.8 Å². The van der Waals surface area contributed by atoms with Crippen molar-refractivity contribution in [3.8, 4) is 0 Å². The van der Waals surface area contributed by atoms with Crippen LogP contribution in [0.3, 0.4) is 0 Å². The van der Waals surface area contributed by atoms with Crippen molar-refractivity contribution in [2.75, 3.05) is 6.61 Å². The molecule has 0 spiro atoms. The van der Waals surface area contributed by atoms with Gasteiger partial charge in [0.25, 0.3) is 0 Å². The van der Waals surface area contributed by atoms with Crippen molar-refractivity contribution in [2.24, 2.45) is 0 Å². The van der Waals surface area contributed by atoms with E-state index in [1.54, 1.807) is 0 Å². The lowest BCUT2D eigenvalue weighted by atomic mass is 10.00. The predicted octanol–water partition coefficient (Wildman–Crippen LogP) is -3.73. The molecule has 0 aromatic carbocycles. The van der Waals surface area contributed by atoms with Crippen LogP contribution in [-0.4, -0.2) is 92.6 Å². The van der Waals surface area contributed by atoms with Gasteiger partial charge in [-0.15, -0.1) is 0 Å². The highest BCUT2D eigenvalue weighted by Gasteiger charge is 2.46. The van der Waals surface area contributed by atoms with Crippen LogP contribution in [0.4, 0.5) is 0 Å². The fraction of sp³-hybridized carbons (Fsp3) is 1.00. The van der Waals surface area contributed by atoms with Crippen LogP contribution in [0.2, 0.25) is 0 Å². The van der Waals surface area contributed by atoms with Crippen molar-refractivity contribution in [1.82, 2.24) is 0 Å². The van der Waals surface area contributed by atoms with Crippen LogP contribution in [0.1, 0.15) is 6.92 Å². The van der Waals surface area contributed by atoms with Gasteiger partial charge in [0.1, 0.15) is 36.6 Å². The van der Waals surface area contributed by atoms with Gasteiger partial charge in [0.2, 0.25) is 0 Å². The Labute approximate surface area is 114 Å². The van der Waals surface area contributed by atoms with E-state index in [1.165, 1.54) is 6.92 Å². The molecule has 20 heavy (non-hydrogen) atoms. The zero-order valence-electron chi connectivity index (χ0n) is 10.8. The SMILES string of the molecule is C[C@@H]1O[C@H](O[C@@H]2OC[C@@H](O)[C@H](O)[C@H]2O)[C@H](O)[C@H](O)[C@H]1O. The molecule has 2 rings (SSSR count). The van der Waals surface area contributed by atoms with Crippen molar-refractivity contribution >= 4 is 0 Å². The zero-order chi connectivity index (χ0) is 15.0. The molecule has 9 heteroatoms. The first-order valence-electron chi connectivity index (χ1n) is 6.34. The van der Waals surface area contributed by atoms with Gasteiger partial charge in [-0.3, -0.25) is 0 Å². The van der Waals surface area contributed by atoms with E-state index in [1.807, 2.05) is 0 Å². The summed E-state index contributed by atoms with van der Waals surface area (Å²) in [5, 5.41) is 57.4. The first-order valence-corrected chi connectivity index (χ1v) is 6.34. The molecular formula is C11H20O9. The van der Waals surface area contributed by atoms with Gasteiger partial charge in [-0.1, -0.05) is 0 Å². The molecule has 9 nitrogen and oxygen atoms in total. The fourth-order valence-corrected chi connectivity index (χ4v) is 2.16. The summed E-state index contributed by atoms with van der Waals surface area (Å²) in [5.41, 5.74) is 0. The lowest BCUT2D eigenvalue weighted by Gasteiger charge is -2.42. The molecule has 2 aliphatic heterocycles. The van der Waals surface area contributed by atoms with E-state index in [0.29, 0.717) is 0 Å². The quantitative estimate of drug-likeness (QED) is 0.302. The van der Waals surface area contributed by atoms with Crippen LogP contribution in [0, 0.1) is 0 Å². The maximum absolute atomic E-state index is 9.75. The molecule has 2 saturated heterocycles. The molecule has 0 aromatic rings. The number of aliphatic hydroxyl groups excluding tert-OH is 6. The highest BCUT2D eigenvalue weighted by molar-refractivity contribution is 4.89. The van der Waals surface area contributed by atoms with Gasteiger partial charge in [0.15, 0.2) is 12.6 Å². The summed E-state index contributed by atoms with van der Waals surface area (Å²) in [7, 11) is 0. The monoisotopic (exact) mass is 296 g/mol. The Balaban J connectivity index is 1.99. The minimum absolute atomic E-state index is 0.257. The lowest BCUT2D eigenvalue weighted by Crippen LogP contribution is -2.60. The standard InChI is InChI=1S/C11H20O9/c1-3-5(13)7(15)9(17)11(19-3)20-10-8(16)6(14)4(12)2-18-10/h3-17H,2H2,1H3/t3-,4+,5-,6-,7+,8+,9+,10-,11+/m0/s1. The number of hydrogen-bond donors (Lipinski definition) is 6. The third-order valence-corrected chi connectivity index (χ3v) is 3.53. The van der Waals surface area contributed by atoms with Crippen molar-refractivity contribution in [3.05, 3.63) is 0 Å². The number of ether oxygens (including phenoxy) is 3. The van der Waals surface area contributed by atoms with Crippen molar-refractivity contribution in [2.45, 2.75) is 62.2 Å². The van der Waals surface area contributed by atoms with E-state index in [0.717, 1.165) is 0 Å². The van der Waals surface area contributed by atoms with Gasteiger partial charge >= 0.3 is 0 Å². The van der Waals surface area contributed by atoms with Gasteiger partial charge in [0, 0.05) is 0 Å². The number of aliphatic hydroxyl groups is 6. The number of hydrogen-bond acceptors (Lipinski definition) is 9. The van der Waals surface area contributed by atoms with Gasteiger partial charge in [-0.05, 0) is 6.92 Å². The van der Waals surface area contributed by atoms with Crippen LogP contribution in [0.15, 0.2) is 0 Å². The van der Waals surface area contributed by atoms with Crippen LogP contribution in [0.25, 0.3) is 0 Å². The Morgan fingerprint density at radius 2 is 1.40 bits per heavy atom. The fourth-order valence-electron chi connectivity index (χ4n) is 2.16. The highest BCUT2D eigenvalue weighted by Crippen LogP contribution is 2.25. The predicted molar refractivity (Wildman–Crippen MR) is 61.2 cm³/mol. The summed E-state index contributed by atoms with van der Waals surface area (Å²) >= 11 is 0. The molecular weight excluding hydrogens is 276 g/mol. The van der Waals surface area contributed by atoms with E-state index in [9.17, 15) is 30.6 Å². The molecule has 0 unspecified atom stereocenters. The van der Waals surface area contributed by atoms with Gasteiger partial charge in [-0.25, -0.2) is 0 Å². The van der Waals surface area contributed by atoms with Crippen molar-refractivity contribution < 1.29 is 44.8 Å². The Morgan fingerprint density at radius 1 is 0.800 bits per heavy atom. The molecule has 0 radical (unpaired) electrons. The van der Waals surface area contributed by atoms with Crippen LogP contribution in [-0.2, 0) is 14.2 Å². The van der Waals surface area contributed by atoms with E-state index in [-0.39, 0.29) is 6.61 Å². The highest BCUT2D eigenvalue weighted by atomic mass is 16.8. The molecule has 9 atom stereocenters. The smallest absolute Gasteiger partial charge is 0.189 e. The maximum Gasteiger partial charge on any atom is 0.189 e. The molecule has 2 fully saturated rings. The van der Waals surface area contributed by atoms with Crippen molar-refractivity contribution in [3.63, 3.8) is 0 Å². The average molecular weight is 296 g/mol. The summed E-state index contributed by atoms with van der Waals surface area (Å²) in [6, 6.07) is 0. The van der Waals surface area contributed by atoms with Gasteiger partial charge in [0.05, 0.1) is 12.7 Å². The average Bonchev–Trinajstić information content (AvgIpc) is 2.42. The molecule has 0 aromatic heterocycles. The van der Waals surface area contributed by atoms with Gasteiger partial charge in [-0.2, -0.15) is 0 Å².